The van der Waals surface area contributed by atoms with Crippen molar-refractivity contribution in [3.05, 3.63) is 64.3 Å². The molecular weight excluding hydrogens is 358 g/mol. The Morgan fingerprint density at radius 2 is 2.12 bits per heavy atom. The molecule has 0 radical (unpaired) electrons. The summed E-state index contributed by atoms with van der Waals surface area (Å²) in [7, 11) is 0. The van der Waals surface area contributed by atoms with E-state index in [0.29, 0.717) is 29.8 Å². The molecule has 3 heterocycles. The highest BCUT2D eigenvalue weighted by Crippen LogP contribution is 2.29. The maximum absolute atomic E-state index is 12.2. The molecule has 0 unspecified atom stereocenters. The average Bonchev–Trinajstić information content (AvgIpc) is 3.24. The van der Waals surface area contributed by atoms with Gasteiger partial charge in [-0.25, -0.2) is 0 Å². The van der Waals surface area contributed by atoms with Crippen LogP contribution in [0.15, 0.2) is 52.4 Å². The van der Waals surface area contributed by atoms with Gasteiger partial charge in [0.25, 0.3) is 0 Å². The molecule has 126 valence electrons. The summed E-state index contributed by atoms with van der Waals surface area (Å²) in [6, 6.07) is 11.3. The van der Waals surface area contributed by atoms with Gasteiger partial charge in [0.1, 0.15) is 0 Å². The number of likely N-dealkylation sites (tertiary alicyclic amines) is 1. The van der Waals surface area contributed by atoms with Crippen LogP contribution < -0.4 is 0 Å². The van der Waals surface area contributed by atoms with Gasteiger partial charge in [-0.2, -0.15) is 4.98 Å². The second-order valence-electron chi connectivity index (χ2n) is 5.73. The van der Waals surface area contributed by atoms with Crippen LogP contribution in [0.2, 0.25) is 5.02 Å². The first-order valence-electron chi connectivity index (χ1n) is 7.80. The molecular formula is C18H14ClN3O2S. The normalized spacial score (nSPS) is 14.8. The number of amides is 1. The molecule has 1 aliphatic heterocycles. The molecule has 25 heavy (non-hydrogen) atoms. The van der Waals surface area contributed by atoms with E-state index in [4.69, 9.17) is 16.1 Å². The van der Waals surface area contributed by atoms with Crippen molar-refractivity contribution < 1.29 is 9.32 Å². The van der Waals surface area contributed by atoms with Gasteiger partial charge in [-0.1, -0.05) is 41.0 Å². The number of halogens is 1. The number of thiophene rings is 1. The largest absolute Gasteiger partial charge is 0.339 e. The van der Waals surface area contributed by atoms with Crippen LogP contribution in [0.4, 0.5) is 0 Å². The molecule has 1 amide bonds. The molecule has 1 saturated heterocycles. The van der Waals surface area contributed by atoms with E-state index in [1.54, 1.807) is 34.5 Å². The minimum atomic E-state index is -0.0471. The summed E-state index contributed by atoms with van der Waals surface area (Å²) < 4.78 is 5.34. The predicted molar refractivity (Wildman–Crippen MR) is 97.4 cm³/mol. The van der Waals surface area contributed by atoms with Crippen molar-refractivity contribution in [2.75, 3.05) is 13.1 Å². The predicted octanol–water partition coefficient (Wildman–Crippen LogP) is 4.09. The Bertz CT molecular complexity index is 914. The molecule has 2 aromatic heterocycles. The lowest BCUT2D eigenvalue weighted by atomic mass is 10.00. The van der Waals surface area contributed by atoms with Gasteiger partial charge >= 0.3 is 0 Å². The van der Waals surface area contributed by atoms with Gasteiger partial charge in [-0.15, -0.1) is 11.3 Å². The van der Waals surface area contributed by atoms with E-state index in [0.717, 1.165) is 10.4 Å². The van der Waals surface area contributed by atoms with Crippen molar-refractivity contribution in [1.29, 1.82) is 0 Å². The third kappa shape index (κ3) is 3.36. The number of rotatable bonds is 4. The Balaban J connectivity index is 1.36. The lowest BCUT2D eigenvalue weighted by molar-refractivity contribution is -0.130. The fraction of sp³-hybridized carbons (Fsp3) is 0.167. The number of hydrogen-bond donors (Lipinski definition) is 0. The molecule has 0 N–H and O–H groups in total. The van der Waals surface area contributed by atoms with Crippen LogP contribution in [0, 0.1) is 0 Å². The molecule has 1 aromatic carbocycles. The fourth-order valence-electron chi connectivity index (χ4n) is 2.60. The van der Waals surface area contributed by atoms with E-state index in [2.05, 4.69) is 10.1 Å². The van der Waals surface area contributed by atoms with Gasteiger partial charge in [0, 0.05) is 24.2 Å². The van der Waals surface area contributed by atoms with Gasteiger partial charge in [-0.3, -0.25) is 4.79 Å². The summed E-state index contributed by atoms with van der Waals surface area (Å²) in [4.78, 5) is 19.4. The Hall–Kier alpha value is -2.44. The van der Waals surface area contributed by atoms with Crippen LogP contribution in [0.25, 0.3) is 16.8 Å². The molecule has 5 nitrogen and oxygen atoms in total. The van der Waals surface area contributed by atoms with E-state index in [-0.39, 0.29) is 11.8 Å². The van der Waals surface area contributed by atoms with Crippen LogP contribution in [-0.2, 0) is 4.79 Å². The zero-order valence-electron chi connectivity index (χ0n) is 13.1. The molecule has 0 aliphatic carbocycles. The van der Waals surface area contributed by atoms with Crippen LogP contribution in [-0.4, -0.2) is 34.0 Å². The summed E-state index contributed by atoms with van der Waals surface area (Å²) in [5.74, 6) is 1.24. The number of hydrogen-bond acceptors (Lipinski definition) is 5. The molecule has 0 spiro atoms. The first-order valence-corrected chi connectivity index (χ1v) is 9.05. The SMILES string of the molecule is O=C(/C=C/c1ccccc1Cl)N1CC(c2nc(-c3cccs3)no2)C1. The molecule has 0 bridgehead atoms. The Kier molecular flexibility index (Phi) is 4.38. The molecule has 3 aromatic rings. The lowest BCUT2D eigenvalue weighted by Crippen LogP contribution is -2.47. The van der Waals surface area contributed by atoms with Gasteiger partial charge in [0.05, 0.1) is 10.8 Å². The second-order valence-corrected chi connectivity index (χ2v) is 7.08. The number of benzene rings is 1. The van der Waals surface area contributed by atoms with E-state index in [1.165, 1.54) is 0 Å². The molecule has 0 saturated carbocycles. The highest BCUT2D eigenvalue weighted by atomic mass is 35.5. The monoisotopic (exact) mass is 371 g/mol. The first kappa shape index (κ1) is 16.1. The maximum atomic E-state index is 12.2. The van der Waals surface area contributed by atoms with Crippen molar-refractivity contribution in [3.63, 3.8) is 0 Å². The van der Waals surface area contributed by atoms with E-state index in [9.17, 15) is 4.79 Å². The van der Waals surface area contributed by atoms with Crippen LogP contribution >= 0.6 is 22.9 Å². The zero-order valence-corrected chi connectivity index (χ0v) is 14.7. The van der Waals surface area contributed by atoms with E-state index >= 15 is 0 Å². The third-order valence-electron chi connectivity index (χ3n) is 4.04. The molecule has 0 atom stereocenters. The number of nitrogens with zero attached hydrogens (tertiary/aromatic N) is 3. The Morgan fingerprint density at radius 3 is 2.88 bits per heavy atom. The van der Waals surface area contributed by atoms with Crippen molar-refractivity contribution in [3.8, 4) is 10.7 Å². The van der Waals surface area contributed by atoms with Gasteiger partial charge in [0.15, 0.2) is 0 Å². The van der Waals surface area contributed by atoms with E-state index < -0.39 is 0 Å². The van der Waals surface area contributed by atoms with Crippen molar-refractivity contribution in [2.45, 2.75) is 5.92 Å². The van der Waals surface area contributed by atoms with Crippen LogP contribution in [0.1, 0.15) is 17.4 Å². The molecule has 1 fully saturated rings. The minimum Gasteiger partial charge on any atom is -0.339 e. The van der Waals surface area contributed by atoms with Crippen molar-refractivity contribution in [2.24, 2.45) is 0 Å². The van der Waals surface area contributed by atoms with Crippen LogP contribution in [0.5, 0.6) is 0 Å². The second kappa shape index (κ2) is 6.82. The fourth-order valence-corrected chi connectivity index (χ4v) is 3.45. The average molecular weight is 372 g/mol. The first-order chi connectivity index (χ1) is 12.2. The summed E-state index contributed by atoms with van der Waals surface area (Å²) in [5.41, 5.74) is 0.826. The molecule has 7 heteroatoms. The maximum Gasteiger partial charge on any atom is 0.246 e. The number of carbonyl (C=O) groups excluding carboxylic acids is 1. The standard InChI is InChI=1S/C18H14ClN3O2S/c19-14-5-2-1-4-12(14)7-8-16(23)22-10-13(11-22)18-20-17(21-24-18)15-6-3-9-25-15/h1-9,13H,10-11H2/b8-7+. The highest BCUT2D eigenvalue weighted by Gasteiger charge is 2.34. The quantitative estimate of drug-likeness (QED) is 0.648. The zero-order chi connectivity index (χ0) is 17.2. The number of carbonyl (C=O) groups is 1. The third-order valence-corrected chi connectivity index (χ3v) is 5.25. The van der Waals surface area contributed by atoms with Crippen molar-refractivity contribution in [1.82, 2.24) is 15.0 Å². The summed E-state index contributed by atoms with van der Waals surface area (Å²) in [5, 5.41) is 6.61. The van der Waals surface area contributed by atoms with Crippen molar-refractivity contribution >= 4 is 34.9 Å². The van der Waals surface area contributed by atoms with Gasteiger partial charge in [0.2, 0.25) is 17.6 Å². The van der Waals surface area contributed by atoms with E-state index in [1.807, 2.05) is 35.7 Å². The summed E-state index contributed by atoms with van der Waals surface area (Å²) in [6.45, 7) is 1.16. The van der Waals surface area contributed by atoms with Crippen LogP contribution in [0.3, 0.4) is 0 Å². The Labute approximate surface area is 153 Å². The number of aromatic nitrogens is 2. The molecule has 4 rings (SSSR count). The molecule has 1 aliphatic rings. The topological polar surface area (TPSA) is 59.2 Å². The van der Waals surface area contributed by atoms with Gasteiger partial charge in [-0.05, 0) is 29.2 Å². The van der Waals surface area contributed by atoms with Gasteiger partial charge < -0.3 is 9.42 Å². The lowest BCUT2D eigenvalue weighted by Gasteiger charge is -2.36. The minimum absolute atomic E-state index is 0.0471. The summed E-state index contributed by atoms with van der Waals surface area (Å²) >= 11 is 7.65. The summed E-state index contributed by atoms with van der Waals surface area (Å²) in [6.07, 6.45) is 3.28. The highest BCUT2D eigenvalue weighted by molar-refractivity contribution is 7.13. The smallest absolute Gasteiger partial charge is 0.246 e. The Morgan fingerprint density at radius 1 is 1.28 bits per heavy atom.